The molecule has 3 N–H and O–H groups in total. The number of benzene rings is 3. The number of rotatable bonds is 6. The van der Waals surface area contributed by atoms with E-state index in [1.54, 1.807) is 30.3 Å². The number of carbonyl (C=O) groups excluding carboxylic acids is 1. The Bertz CT molecular complexity index is 1430. The van der Waals surface area contributed by atoms with Gasteiger partial charge in [-0.3, -0.25) is 4.72 Å². The largest absolute Gasteiger partial charge is 0.323 e. The number of aromatic nitrogens is 1. The number of urea groups is 1. The molecule has 4 aromatic rings. The standard InChI is InChI=1S/C24H24N4O3S2/c1-4-17-7-5-6-8-20(17)26-23(29)25-18-13-16(3)22-21(14-18)32-24(27-22)28-33(30,31)19-11-9-15(2)10-12-19/h5-14H,4H2,1-3H3,(H,27,28)(H2,25,26,29). The van der Waals surface area contributed by atoms with Crippen LogP contribution in [0.1, 0.15) is 23.6 Å². The molecule has 0 radical (unpaired) electrons. The number of thiazole rings is 1. The molecule has 4 rings (SSSR count). The molecule has 0 aliphatic heterocycles. The summed E-state index contributed by atoms with van der Waals surface area (Å²) in [5.74, 6) is 0. The number of carbonyl (C=O) groups is 1. The summed E-state index contributed by atoms with van der Waals surface area (Å²) < 4.78 is 28.7. The molecular formula is C24H24N4O3S2. The maximum Gasteiger partial charge on any atom is 0.323 e. The molecule has 1 heterocycles. The summed E-state index contributed by atoms with van der Waals surface area (Å²) in [6.07, 6.45) is 0.809. The lowest BCUT2D eigenvalue weighted by atomic mass is 10.1. The molecule has 0 aliphatic carbocycles. The van der Waals surface area contributed by atoms with Crippen molar-refractivity contribution in [3.8, 4) is 0 Å². The number of anilines is 3. The van der Waals surface area contributed by atoms with E-state index in [4.69, 9.17) is 0 Å². The Labute approximate surface area is 196 Å². The third-order valence-corrected chi connectivity index (χ3v) is 7.54. The van der Waals surface area contributed by atoms with Gasteiger partial charge < -0.3 is 10.6 Å². The predicted octanol–water partition coefficient (Wildman–Crippen LogP) is 5.92. The molecule has 1 aromatic heterocycles. The van der Waals surface area contributed by atoms with Crippen LogP contribution in [0.5, 0.6) is 0 Å². The van der Waals surface area contributed by atoms with E-state index in [2.05, 4.69) is 20.3 Å². The van der Waals surface area contributed by atoms with Crippen LogP contribution in [0, 0.1) is 13.8 Å². The lowest BCUT2D eigenvalue weighted by molar-refractivity contribution is 0.262. The van der Waals surface area contributed by atoms with Crippen LogP contribution in [0.25, 0.3) is 10.2 Å². The first-order valence-corrected chi connectivity index (χ1v) is 12.7. The summed E-state index contributed by atoms with van der Waals surface area (Å²) in [5, 5.41) is 6.01. The smallest absolute Gasteiger partial charge is 0.308 e. The van der Waals surface area contributed by atoms with Crippen molar-refractivity contribution >= 4 is 54.1 Å². The van der Waals surface area contributed by atoms with Crippen LogP contribution < -0.4 is 15.4 Å². The number of fused-ring (bicyclic) bond motifs is 1. The van der Waals surface area contributed by atoms with Crippen LogP contribution in [0.2, 0.25) is 0 Å². The molecule has 0 bridgehead atoms. The van der Waals surface area contributed by atoms with Gasteiger partial charge in [-0.25, -0.2) is 18.2 Å². The van der Waals surface area contributed by atoms with Gasteiger partial charge in [-0.05, 0) is 61.7 Å². The highest BCUT2D eigenvalue weighted by atomic mass is 32.2. The van der Waals surface area contributed by atoms with Crippen molar-refractivity contribution in [1.82, 2.24) is 4.98 Å². The number of aryl methyl sites for hydroxylation is 3. The lowest BCUT2D eigenvalue weighted by Gasteiger charge is -2.11. The van der Waals surface area contributed by atoms with Crippen LogP contribution in [0.15, 0.2) is 65.6 Å². The minimum Gasteiger partial charge on any atom is -0.308 e. The van der Waals surface area contributed by atoms with E-state index in [9.17, 15) is 13.2 Å². The van der Waals surface area contributed by atoms with Gasteiger partial charge in [-0.2, -0.15) is 0 Å². The van der Waals surface area contributed by atoms with Gasteiger partial charge in [0.1, 0.15) is 0 Å². The Balaban J connectivity index is 1.54. The highest BCUT2D eigenvalue weighted by Crippen LogP contribution is 2.32. The fraction of sp³-hybridized carbons (Fsp3) is 0.167. The molecular weight excluding hydrogens is 456 g/mol. The summed E-state index contributed by atoms with van der Waals surface area (Å²) in [5.41, 5.74) is 4.90. The highest BCUT2D eigenvalue weighted by Gasteiger charge is 2.17. The van der Waals surface area contributed by atoms with Crippen molar-refractivity contribution in [3.63, 3.8) is 0 Å². The van der Waals surface area contributed by atoms with Crippen molar-refractivity contribution in [2.75, 3.05) is 15.4 Å². The van der Waals surface area contributed by atoms with Crippen LogP contribution >= 0.6 is 11.3 Å². The third-order valence-electron chi connectivity index (χ3n) is 5.14. The average Bonchev–Trinajstić information content (AvgIpc) is 3.16. The first-order valence-electron chi connectivity index (χ1n) is 10.4. The highest BCUT2D eigenvalue weighted by molar-refractivity contribution is 7.93. The molecule has 0 saturated carbocycles. The first-order chi connectivity index (χ1) is 15.7. The van der Waals surface area contributed by atoms with Crippen molar-refractivity contribution in [2.24, 2.45) is 0 Å². The van der Waals surface area contributed by atoms with Gasteiger partial charge in [-0.1, -0.05) is 54.2 Å². The van der Waals surface area contributed by atoms with E-state index in [0.29, 0.717) is 11.2 Å². The zero-order chi connectivity index (χ0) is 23.6. The van der Waals surface area contributed by atoms with Crippen LogP contribution in [-0.2, 0) is 16.4 Å². The first kappa shape index (κ1) is 22.8. The van der Waals surface area contributed by atoms with Gasteiger partial charge in [0, 0.05) is 11.4 Å². The van der Waals surface area contributed by atoms with Gasteiger partial charge in [0.2, 0.25) is 0 Å². The quantitative estimate of drug-likeness (QED) is 0.319. The van der Waals surface area contributed by atoms with E-state index in [0.717, 1.165) is 33.5 Å². The number of hydrogen-bond donors (Lipinski definition) is 3. The van der Waals surface area contributed by atoms with E-state index in [1.807, 2.05) is 51.1 Å². The Morgan fingerprint density at radius 3 is 2.45 bits per heavy atom. The van der Waals surface area contributed by atoms with E-state index < -0.39 is 10.0 Å². The molecule has 0 unspecified atom stereocenters. The second-order valence-corrected chi connectivity index (χ2v) is 10.4. The van der Waals surface area contributed by atoms with Crippen LogP contribution in [-0.4, -0.2) is 19.4 Å². The zero-order valence-electron chi connectivity index (χ0n) is 18.5. The Morgan fingerprint density at radius 2 is 1.73 bits per heavy atom. The number of hydrogen-bond acceptors (Lipinski definition) is 5. The Kier molecular flexibility index (Phi) is 6.35. The number of nitrogens with one attached hydrogen (secondary N) is 3. The fourth-order valence-electron chi connectivity index (χ4n) is 3.44. The summed E-state index contributed by atoms with van der Waals surface area (Å²) in [4.78, 5) is 17.2. The lowest BCUT2D eigenvalue weighted by Crippen LogP contribution is -2.20. The third kappa shape index (κ3) is 5.15. The Morgan fingerprint density at radius 1 is 1.00 bits per heavy atom. The van der Waals surface area contributed by atoms with E-state index in [-0.39, 0.29) is 16.1 Å². The molecule has 9 heteroatoms. The van der Waals surface area contributed by atoms with Crippen LogP contribution in [0.4, 0.5) is 21.3 Å². The molecule has 170 valence electrons. The van der Waals surface area contributed by atoms with Crippen LogP contribution in [0.3, 0.4) is 0 Å². The summed E-state index contributed by atoms with van der Waals surface area (Å²) in [6, 6.07) is 17.5. The van der Waals surface area contributed by atoms with E-state index >= 15 is 0 Å². The summed E-state index contributed by atoms with van der Waals surface area (Å²) >= 11 is 1.21. The Hall–Kier alpha value is -3.43. The second-order valence-electron chi connectivity index (χ2n) is 7.67. The van der Waals surface area contributed by atoms with Crippen molar-refractivity contribution in [2.45, 2.75) is 32.1 Å². The maximum atomic E-state index is 12.7. The maximum absolute atomic E-state index is 12.7. The van der Waals surface area contributed by atoms with Gasteiger partial charge in [0.05, 0.1) is 15.1 Å². The zero-order valence-corrected chi connectivity index (χ0v) is 20.1. The molecule has 3 aromatic carbocycles. The predicted molar refractivity (Wildman–Crippen MR) is 135 cm³/mol. The van der Waals surface area contributed by atoms with Gasteiger partial charge in [0.25, 0.3) is 10.0 Å². The van der Waals surface area contributed by atoms with Crippen molar-refractivity contribution in [1.29, 1.82) is 0 Å². The molecule has 2 amide bonds. The van der Waals surface area contributed by atoms with E-state index in [1.165, 1.54) is 11.3 Å². The average molecular weight is 481 g/mol. The normalized spacial score (nSPS) is 11.4. The number of amides is 2. The van der Waals surface area contributed by atoms with Crippen molar-refractivity contribution in [3.05, 3.63) is 77.4 Å². The van der Waals surface area contributed by atoms with Gasteiger partial charge >= 0.3 is 6.03 Å². The number of nitrogens with zero attached hydrogens (tertiary/aromatic N) is 1. The van der Waals surface area contributed by atoms with Crippen molar-refractivity contribution < 1.29 is 13.2 Å². The molecule has 7 nitrogen and oxygen atoms in total. The number of sulfonamides is 1. The molecule has 0 fully saturated rings. The molecule has 33 heavy (non-hydrogen) atoms. The molecule has 0 spiro atoms. The SMILES string of the molecule is CCc1ccccc1NC(=O)Nc1cc(C)c2nc(NS(=O)(=O)c3ccc(C)cc3)sc2c1. The molecule has 0 saturated heterocycles. The minimum absolute atomic E-state index is 0.176. The molecule has 0 aliphatic rings. The second kappa shape index (κ2) is 9.21. The minimum atomic E-state index is -3.74. The van der Waals surface area contributed by atoms with Gasteiger partial charge in [0.15, 0.2) is 5.13 Å². The number of para-hydroxylation sites is 1. The summed E-state index contributed by atoms with van der Waals surface area (Å²) in [6.45, 7) is 5.80. The monoisotopic (exact) mass is 480 g/mol. The fourth-order valence-corrected chi connectivity index (χ4v) is 5.66. The van der Waals surface area contributed by atoms with Gasteiger partial charge in [-0.15, -0.1) is 0 Å². The topological polar surface area (TPSA) is 100 Å². The molecule has 0 atom stereocenters. The summed E-state index contributed by atoms with van der Waals surface area (Å²) in [7, 11) is -3.74.